The summed E-state index contributed by atoms with van der Waals surface area (Å²) >= 11 is 0.813. The van der Waals surface area contributed by atoms with Crippen LogP contribution in [0.25, 0.3) is 6.08 Å². The maximum Gasteiger partial charge on any atom is 0.422 e. The Bertz CT molecular complexity index is 1780. The highest BCUT2D eigenvalue weighted by Crippen LogP contribution is 2.38. The van der Waals surface area contributed by atoms with Gasteiger partial charge in [0, 0.05) is 16.1 Å². The molecule has 0 saturated carbocycles. The SMILES string of the molecule is Cc1ccccc1/C=C(\NC(=O)c1ccccc1)C(=O)Nc1ccc(SCC(=O)Nc2c(F)c(F)c(C(F)(F)F)c(F)c2F)cc1. The van der Waals surface area contributed by atoms with Gasteiger partial charge in [-0.25, -0.2) is 17.6 Å². The van der Waals surface area contributed by atoms with Gasteiger partial charge >= 0.3 is 6.18 Å². The van der Waals surface area contributed by atoms with Gasteiger partial charge in [-0.1, -0.05) is 42.5 Å². The predicted molar refractivity (Wildman–Crippen MR) is 159 cm³/mol. The highest BCUT2D eigenvalue weighted by atomic mass is 32.2. The molecule has 0 atom stereocenters. The highest BCUT2D eigenvalue weighted by molar-refractivity contribution is 8.00. The fourth-order valence-corrected chi connectivity index (χ4v) is 4.69. The summed E-state index contributed by atoms with van der Waals surface area (Å²) in [5.41, 5.74) is -2.33. The molecule has 0 saturated heterocycles. The van der Waals surface area contributed by atoms with Crippen LogP contribution in [0.4, 0.5) is 42.1 Å². The van der Waals surface area contributed by atoms with Crippen LogP contribution >= 0.6 is 11.8 Å². The maximum absolute atomic E-state index is 14.1. The van der Waals surface area contributed by atoms with Gasteiger partial charge < -0.3 is 16.0 Å². The highest BCUT2D eigenvalue weighted by Gasteiger charge is 2.42. The van der Waals surface area contributed by atoms with Crippen molar-refractivity contribution in [1.29, 1.82) is 0 Å². The molecule has 6 nitrogen and oxygen atoms in total. The Morgan fingerprint density at radius 2 is 1.35 bits per heavy atom. The molecule has 4 aromatic rings. The first-order chi connectivity index (χ1) is 21.8. The number of anilines is 2. The summed E-state index contributed by atoms with van der Waals surface area (Å²) in [7, 11) is 0. The first-order valence-corrected chi connectivity index (χ1v) is 14.2. The molecule has 14 heteroatoms. The number of nitrogens with one attached hydrogen (secondary N) is 3. The predicted octanol–water partition coefficient (Wildman–Crippen LogP) is 7.71. The number of carbonyl (C=O) groups is 3. The summed E-state index contributed by atoms with van der Waals surface area (Å²) in [5, 5.41) is 6.84. The molecule has 238 valence electrons. The van der Waals surface area contributed by atoms with E-state index in [4.69, 9.17) is 0 Å². The van der Waals surface area contributed by atoms with Gasteiger partial charge in [0.2, 0.25) is 5.91 Å². The Morgan fingerprint density at radius 1 is 0.761 bits per heavy atom. The minimum absolute atomic E-state index is 0.0473. The molecule has 3 N–H and O–H groups in total. The minimum atomic E-state index is -5.71. The molecule has 0 fully saturated rings. The fourth-order valence-electron chi connectivity index (χ4n) is 3.99. The molecule has 0 aliphatic heterocycles. The van der Waals surface area contributed by atoms with E-state index in [1.807, 2.05) is 19.1 Å². The van der Waals surface area contributed by atoms with E-state index in [1.165, 1.54) is 30.3 Å². The number of benzene rings is 4. The van der Waals surface area contributed by atoms with Crippen molar-refractivity contribution >= 4 is 46.9 Å². The van der Waals surface area contributed by atoms with Crippen LogP contribution in [0.3, 0.4) is 0 Å². The van der Waals surface area contributed by atoms with Gasteiger partial charge in [0.05, 0.1) is 5.75 Å². The Labute approximate surface area is 261 Å². The fraction of sp³-hybridized carbons (Fsp3) is 0.0938. The summed E-state index contributed by atoms with van der Waals surface area (Å²) < 4.78 is 94.2. The minimum Gasteiger partial charge on any atom is -0.321 e. The van der Waals surface area contributed by atoms with Gasteiger partial charge in [0.25, 0.3) is 11.8 Å². The maximum atomic E-state index is 14.1. The second-order valence-electron chi connectivity index (χ2n) is 9.55. The number of hydrogen-bond acceptors (Lipinski definition) is 4. The van der Waals surface area contributed by atoms with Crippen LogP contribution in [0.2, 0.25) is 0 Å². The van der Waals surface area contributed by atoms with E-state index in [1.54, 1.807) is 47.8 Å². The van der Waals surface area contributed by atoms with Crippen LogP contribution < -0.4 is 16.0 Å². The molecule has 0 radical (unpaired) electrons. The molecular weight excluding hydrogens is 639 g/mol. The van der Waals surface area contributed by atoms with Crippen molar-refractivity contribution in [3.8, 4) is 0 Å². The van der Waals surface area contributed by atoms with Crippen LogP contribution in [0.1, 0.15) is 27.0 Å². The summed E-state index contributed by atoms with van der Waals surface area (Å²) in [5.74, 6) is -13.1. The largest absolute Gasteiger partial charge is 0.422 e. The zero-order valence-electron chi connectivity index (χ0n) is 23.6. The molecule has 46 heavy (non-hydrogen) atoms. The average Bonchev–Trinajstić information content (AvgIpc) is 3.02. The average molecular weight is 662 g/mol. The van der Waals surface area contributed by atoms with Crippen molar-refractivity contribution in [3.05, 3.63) is 130 Å². The van der Waals surface area contributed by atoms with Crippen molar-refractivity contribution in [2.75, 3.05) is 16.4 Å². The second-order valence-corrected chi connectivity index (χ2v) is 10.6. The second kappa shape index (κ2) is 14.3. The van der Waals surface area contributed by atoms with E-state index < -0.39 is 64.2 Å². The van der Waals surface area contributed by atoms with Crippen molar-refractivity contribution in [3.63, 3.8) is 0 Å². The molecule has 4 rings (SSSR count). The zero-order valence-corrected chi connectivity index (χ0v) is 24.4. The smallest absolute Gasteiger partial charge is 0.321 e. The molecule has 0 heterocycles. The van der Waals surface area contributed by atoms with Crippen LogP contribution in [0.15, 0.2) is 89.5 Å². The molecule has 0 aliphatic rings. The van der Waals surface area contributed by atoms with Gasteiger partial charge in [-0.15, -0.1) is 11.8 Å². The Hall–Kier alpha value is -5.11. The molecule has 0 spiro atoms. The van der Waals surface area contributed by atoms with Gasteiger partial charge in [0.15, 0.2) is 23.3 Å². The number of amides is 3. The summed E-state index contributed by atoms with van der Waals surface area (Å²) in [4.78, 5) is 38.7. The summed E-state index contributed by atoms with van der Waals surface area (Å²) in [6, 6.07) is 21.3. The van der Waals surface area contributed by atoms with E-state index in [0.717, 1.165) is 17.3 Å². The van der Waals surface area contributed by atoms with Crippen molar-refractivity contribution in [2.45, 2.75) is 18.0 Å². The first-order valence-electron chi connectivity index (χ1n) is 13.2. The monoisotopic (exact) mass is 661 g/mol. The molecular formula is C32H22F7N3O3S. The van der Waals surface area contributed by atoms with Crippen molar-refractivity contribution in [2.24, 2.45) is 0 Å². The van der Waals surface area contributed by atoms with E-state index in [0.29, 0.717) is 21.7 Å². The van der Waals surface area contributed by atoms with Gasteiger partial charge in [-0.3, -0.25) is 14.4 Å². The number of halogens is 7. The van der Waals surface area contributed by atoms with Crippen molar-refractivity contribution in [1.82, 2.24) is 5.32 Å². The van der Waals surface area contributed by atoms with E-state index in [9.17, 15) is 45.1 Å². The molecule has 0 unspecified atom stereocenters. The van der Waals surface area contributed by atoms with Crippen molar-refractivity contribution < 1.29 is 45.1 Å². The molecule has 0 bridgehead atoms. The third kappa shape index (κ3) is 8.13. The third-order valence-electron chi connectivity index (χ3n) is 6.31. The number of aryl methyl sites for hydroxylation is 1. The molecule has 0 aromatic heterocycles. The lowest BCUT2D eigenvalue weighted by Gasteiger charge is -2.14. The van der Waals surface area contributed by atoms with Crippen LogP contribution in [0.5, 0.6) is 0 Å². The molecule has 0 aliphatic carbocycles. The number of alkyl halides is 3. The van der Waals surface area contributed by atoms with E-state index >= 15 is 0 Å². The molecule has 3 amide bonds. The quantitative estimate of drug-likeness (QED) is 0.0743. The van der Waals surface area contributed by atoms with Crippen LogP contribution in [0, 0.1) is 30.2 Å². The third-order valence-corrected chi connectivity index (χ3v) is 7.32. The molecule has 4 aromatic carbocycles. The normalized spacial score (nSPS) is 11.6. The van der Waals surface area contributed by atoms with E-state index in [2.05, 4.69) is 10.6 Å². The first kappa shape index (κ1) is 33.8. The van der Waals surface area contributed by atoms with Gasteiger partial charge in [0.1, 0.15) is 16.9 Å². The number of carbonyl (C=O) groups excluding carboxylic acids is 3. The Kier molecular flexibility index (Phi) is 10.5. The van der Waals surface area contributed by atoms with Gasteiger partial charge in [-0.2, -0.15) is 13.2 Å². The lowest BCUT2D eigenvalue weighted by Crippen LogP contribution is -2.30. The zero-order chi connectivity index (χ0) is 33.6. The Balaban J connectivity index is 1.43. The van der Waals surface area contributed by atoms with Gasteiger partial charge in [-0.05, 0) is 60.5 Å². The number of thioether (sulfide) groups is 1. The summed E-state index contributed by atoms with van der Waals surface area (Å²) in [6.07, 6.45) is -4.19. The number of rotatable bonds is 9. The number of hydrogen-bond donors (Lipinski definition) is 3. The topological polar surface area (TPSA) is 87.3 Å². The standard InChI is InChI=1S/C32H22F7N3O3S/c1-17-7-5-6-10-19(17)15-22(41-30(44)18-8-3-2-4-9-18)31(45)40-20-11-13-21(14-12-20)46-16-23(43)42-29-27(35)25(33)24(32(37,38)39)26(34)28(29)36/h2-15H,16H2,1H3,(H,40,45)(H,41,44)(H,42,43)/b22-15-. The van der Waals surface area contributed by atoms with Crippen LogP contribution in [-0.2, 0) is 15.8 Å². The lowest BCUT2D eigenvalue weighted by atomic mass is 10.1. The summed E-state index contributed by atoms with van der Waals surface area (Å²) in [6.45, 7) is 1.84. The van der Waals surface area contributed by atoms with E-state index in [-0.39, 0.29) is 5.70 Å². The lowest BCUT2D eigenvalue weighted by molar-refractivity contribution is -0.143. The Morgan fingerprint density at radius 3 is 1.93 bits per heavy atom. The van der Waals surface area contributed by atoms with Crippen LogP contribution in [-0.4, -0.2) is 23.5 Å².